The van der Waals surface area contributed by atoms with Crippen LogP contribution in [0.3, 0.4) is 0 Å². The van der Waals surface area contributed by atoms with E-state index in [1.807, 2.05) is 6.08 Å². The van der Waals surface area contributed by atoms with Crippen LogP contribution in [0.15, 0.2) is 35.9 Å². The van der Waals surface area contributed by atoms with Gasteiger partial charge < -0.3 is 5.32 Å². The highest BCUT2D eigenvalue weighted by Crippen LogP contribution is 2.48. The average molecular weight is 255 g/mol. The molecule has 1 aromatic rings. The molecule has 0 radical (unpaired) electrons. The molecular weight excluding hydrogens is 234 g/mol. The van der Waals surface area contributed by atoms with Crippen LogP contribution >= 0.6 is 0 Å². The number of rotatable bonds is 5. The van der Waals surface area contributed by atoms with Crippen molar-refractivity contribution in [1.82, 2.24) is 5.32 Å². The zero-order valence-electron chi connectivity index (χ0n) is 11.5. The van der Waals surface area contributed by atoms with Gasteiger partial charge in [0.25, 0.3) is 0 Å². The summed E-state index contributed by atoms with van der Waals surface area (Å²) in [4.78, 5) is 12.0. The van der Waals surface area contributed by atoms with Gasteiger partial charge in [-0.15, -0.1) is 0 Å². The van der Waals surface area contributed by atoms with Gasteiger partial charge in [-0.25, -0.2) is 0 Å². The molecule has 1 amide bonds. The first kappa shape index (κ1) is 12.5. The molecule has 2 nitrogen and oxygen atoms in total. The van der Waals surface area contributed by atoms with Gasteiger partial charge in [-0.1, -0.05) is 35.4 Å². The van der Waals surface area contributed by atoms with Crippen LogP contribution in [0.4, 0.5) is 0 Å². The molecule has 2 aliphatic carbocycles. The molecule has 2 aliphatic rings. The van der Waals surface area contributed by atoms with E-state index in [1.54, 1.807) is 0 Å². The normalized spacial score (nSPS) is 17.9. The molecule has 0 atom stereocenters. The van der Waals surface area contributed by atoms with E-state index in [0.29, 0.717) is 6.54 Å². The summed E-state index contributed by atoms with van der Waals surface area (Å²) in [5.74, 6) is 1.52. The van der Waals surface area contributed by atoms with Crippen molar-refractivity contribution in [3.8, 4) is 0 Å². The number of hydrogen-bond acceptors (Lipinski definition) is 1. The number of allylic oxidation sites excluding steroid dienone is 1. The van der Waals surface area contributed by atoms with Crippen LogP contribution < -0.4 is 5.32 Å². The highest BCUT2D eigenvalue weighted by Gasteiger charge is 2.36. The predicted molar refractivity (Wildman–Crippen MR) is 76.6 cm³/mol. The molecule has 19 heavy (non-hydrogen) atoms. The zero-order chi connectivity index (χ0) is 13.2. The van der Waals surface area contributed by atoms with E-state index in [1.165, 1.54) is 36.8 Å². The van der Waals surface area contributed by atoms with Crippen molar-refractivity contribution in [1.29, 1.82) is 0 Å². The Morgan fingerprint density at radius 2 is 1.74 bits per heavy atom. The van der Waals surface area contributed by atoms with E-state index in [0.717, 1.165) is 17.4 Å². The molecule has 1 aromatic carbocycles. The van der Waals surface area contributed by atoms with Gasteiger partial charge in [0, 0.05) is 12.6 Å². The summed E-state index contributed by atoms with van der Waals surface area (Å²) in [6.45, 7) is 2.70. The van der Waals surface area contributed by atoms with E-state index < -0.39 is 0 Å². The molecular formula is C17H21NO. The molecule has 0 unspecified atom stereocenters. The lowest BCUT2D eigenvalue weighted by atomic mass is 10.1. The minimum absolute atomic E-state index is 0.0781. The Morgan fingerprint density at radius 1 is 1.16 bits per heavy atom. The Bertz CT molecular complexity index is 478. The number of amides is 1. The van der Waals surface area contributed by atoms with Crippen LogP contribution in [0.25, 0.3) is 0 Å². The SMILES string of the molecule is Cc1ccc(CNC(=O)C=C(C2CC2)C2CC2)cc1. The van der Waals surface area contributed by atoms with Crippen molar-refractivity contribution in [2.75, 3.05) is 0 Å². The molecule has 1 N–H and O–H groups in total. The van der Waals surface area contributed by atoms with Crippen LogP contribution in [-0.2, 0) is 11.3 Å². The Morgan fingerprint density at radius 3 is 2.26 bits per heavy atom. The molecule has 3 rings (SSSR count). The summed E-state index contributed by atoms with van der Waals surface area (Å²) in [7, 11) is 0. The number of carbonyl (C=O) groups excluding carboxylic acids is 1. The van der Waals surface area contributed by atoms with Gasteiger partial charge in [0.2, 0.25) is 5.91 Å². The summed E-state index contributed by atoms with van der Waals surface area (Å²) in [5.41, 5.74) is 3.83. The quantitative estimate of drug-likeness (QED) is 0.803. The van der Waals surface area contributed by atoms with Crippen molar-refractivity contribution in [3.63, 3.8) is 0 Å². The Hall–Kier alpha value is -1.57. The van der Waals surface area contributed by atoms with Crippen LogP contribution in [-0.4, -0.2) is 5.91 Å². The van der Waals surface area contributed by atoms with Gasteiger partial charge in [0.05, 0.1) is 0 Å². The first-order valence-corrected chi connectivity index (χ1v) is 7.27. The van der Waals surface area contributed by atoms with E-state index in [4.69, 9.17) is 0 Å². The monoisotopic (exact) mass is 255 g/mol. The first-order chi connectivity index (χ1) is 9.22. The van der Waals surface area contributed by atoms with Crippen molar-refractivity contribution < 1.29 is 4.79 Å². The molecule has 0 saturated heterocycles. The van der Waals surface area contributed by atoms with Gasteiger partial charge >= 0.3 is 0 Å². The molecule has 0 aliphatic heterocycles. The van der Waals surface area contributed by atoms with Gasteiger partial charge in [-0.05, 0) is 50.0 Å². The maximum Gasteiger partial charge on any atom is 0.244 e. The van der Waals surface area contributed by atoms with Crippen LogP contribution in [0, 0.1) is 18.8 Å². The molecule has 2 heteroatoms. The second-order valence-corrected chi connectivity index (χ2v) is 5.90. The third-order valence-corrected chi connectivity index (χ3v) is 3.98. The lowest BCUT2D eigenvalue weighted by molar-refractivity contribution is -0.116. The molecule has 0 aromatic heterocycles. The average Bonchev–Trinajstić information content (AvgIpc) is 3.29. The number of hydrogen-bond donors (Lipinski definition) is 1. The third kappa shape index (κ3) is 3.46. The second-order valence-electron chi connectivity index (χ2n) is 5.90. The summed E-state index contributed by atoms with van der Waals surface area (Å²) in [5, 5.41) is 3.00. The highest BCUT2D eigenvalue weighted by molar-refractivity contribution is 5.88. The molecule has 100 valence electrons. The van der Waals surface area contributed by atoms with Gasteiger partial charge in [-0.3, -0.25) is 4.79 Å². The largest absolute Gasteiger partial charge is 0.348 e. The zero-order valence-corrected chi connectivity index (χ0v) is 11.5. The van der Waals surface area contributed by atoms with Crippen molar-refractivity contribution in [2.24, 2.45) is 11.8 Å². The topological polar surface area (TPSA) is 29.1 Å². The van der Waals surface area contributed by atoms with Gasteiger partial charge in [0.15, 0.2) is 0 Å². The smallest absolute Gasteiger partial charge is 0.244 e. The lowest BCUT2D eigenvalue weighted by Crippen LogP contribution is -2.21. The van der Waals surface area contributed by atoms with Gasteiger partial charge in [-0.2, -0.15) is 0 Å². The Kier molecular flexibility index (Phi) is 3.41. The third-order valence-electron chi connectivity index (χ3n) is 3.98. The van der Waals surface area contributed by atoms with E-state index in [-0.39, 0.29) is 5.91 Å². The molecule has 0 heterocycles. The first-order valence-electron chi connectivity index (χ1n) is 7.27. The van der Waals surface area contributed by atoms with E-state index >= 15 is 0 Å². The fourth-order valence-corrected chi connectivity index (χ4v) is 2.50. The predicted octanol–water partition coefficient (Wildman–Crippen LogP) is 3.36. The molecule has 0 spiro atoms. The van der Waals surface area contributed by atoms with Crippen molar-refractivity contribution in [3.05, 3.63) is 47.0 Å². The fraction of sp³-hybridized carbons (Fsp3) is 0.471. The Balaban J connectivity index is 1.55. The van der Waals surface area contributed by atoms with Gasteiger partial charge in [0.1, 0.15) is 0 Å². The van der Waals surface area contributed by atoms with Crippen LogP contribution in [0.5, 0.6) is 0 Å². The number of benzene rings is 1. The van der Waals surface area contributed by atoms with Crippen molar-refractivity contribution in [2.45, 2.75) is 39.2 Å². The summed E-state index contributed by atoms with van der Waals surface area (Å²) in [6.07, 6.45) is 7.02. The number of aryl methyl sites for hydroxylation is 1. The summed E-state index contributed by atoms with van der Waals surface area (Å²) in [6, 6.07) is 8.30. The highest BCUT2D eigenvalue weighted by atomic mass is 16.1. The van der Waals surface area contributed by atoms with Crippen molar-refractivity contribution >= 4 is 5.91 Å². The van der Waals surface area contributed by atoms with E-state index in [2.05, 4.69) is 36.5 Å². The maximum atomic E-state index is 12.0. The molecule has 0 bridgehead atoms. The van der Waals surface area contributed by atoms with E-state index in [9.17, 15) is 4.79 Å². The van der Waals surface area contributed by atoms with Crippen LogP contribution in [0.1, 0.15) is 36.8 Å². The lowest BCUT2D eigenvalue weighted by Gasteiger charge is -2.06. The minimum Gasteiger partial charge on any atom is -0.348 e. The molecule has 2 fully saturated rings. The standard InChI is InChI=1S/C17H21NO/c1-12-2-4-13(5-3-12)11-18-17(19)10-16(14-6-7-14)15-8-9-15/h2-5,10,14-15H,6-9,11H2,1H3,(H,18,19). The maximum absolute atomic E-state index is 12.0. The Labute approximate surface area is 114 Å². The number of carbonyl (C=O) groups is 1. The molecule has 2 saturated carbocycles. The minimum atomic E-state index is 0.0781. The van der Waals surface area contributed by atoms with Crippen LogP contribution in [0.2, 0.25) is 0 Å². The summed E-state index contributed by atoms with van der Waals surface area (Å²) >= 11 is 0. The fourth-order valence-electron chi connectivity index (χ4n) is 2.50. The number of nitrogens with one attached hydrogen (secondary N) is 1. The second kappa shape index (κ2) is 5.20. The summed E-state index contributed by atoms with van der Waals surface area (Å²) < 4.78 is 0.